The highest BCUT2D eigenvalue weighted by molar-refractivity contribution is 14.1. The molecule has 15 heteroatoms. The van der Waals surface area contributed by atoms with Crippen LogP contribution in [0.3, 0.4) is 0 Å². The highest BCUT2D eigenvalue weighted by Gasteiger charge is 2.73. The number of anilines is 1. The summed E-state index contributed by atoms with van der Waals surface area (Å²) in [7, 11) is -2.79. The predicted molar refractivity (Wildman–Crippen MR) is 125 cm³/mol. The van der Waals surface area contributed by atoms with Crippen molar-refractivity contribution in [1.29, 1.82) is 0 Å². The third-order valence-corrected chi connectivity index (χ3v) is 6.68. The zero-order valence-corrected chi connectivity index (χ0v) is 21.4. The van der Waals surface area contributed by atoms with Crippen LogP contribution in [0, 0.1) is 10.5 Å². The van der Waals surface area contributed by atoms with Gasteiger partial charge in [0, 0.05) is 20.9 Å². The highest BCUT2D eigenvalue weighted by Crippen LogP contribution is 2.53. The van der Waals surface area contributed by atoms with Gasteiger partial charge < -0.3 is 10.6 Å². The summed E-state index contributed by atoms with van der Waals surface area (Å²) >= 11 is 1.76. The largest absolute Gasteiger partial charge is 0.435 e. The molecule has 0 saturated carbocycles. The number of thiol groups is 1. The Morgan fingerprint density at radius 1 is 0.972 bits per heavy atom. The number of rotatable bonds is 7. The summed E-state index contributed by atoms with van der Waals surface area (Å²) in [6.07, 6.45) is -12.6. The van der Waals surface area contributed by atoms with Crippen LogP contribution in [0.1, 0.15) is 38.8 Å². The zero-order chi connectivity index (χ0) is 27.6. The second-order valence-electron chi connectivity index (χ2n) is 7.69. The van der Waals surface area contributed by atoms with E-state index in [0.717, 1.165) is 6.92 Å². The third-order valence-electron chi connectivity index (χ3n) is 4.94. The number of carbonyl (C=O) groups excluding carboxylic acids is 2. The molecule has 0 radical (unpaired) electrons. The van der Waals surface area contributed by atoms with Crippen molar-refractivity contribution in [3.8, 4) is 0 Å². The van der Waals surface area contributed by atoms with Crippen LogP contribution in [0.25, 0.3) is 0 Å². The Balaban J connectivity index is 2.41. The molecule has 36 heavy (non-hydrogen) atoms. The average Bonchev–Trinajstić information content (AvgIpc) is 2.71. The van der Waals surface area contributed by atoms with Gasteiger partial charge >= 0.3 is 18.0 Å². The maximum atomic E-state index is 14.3. The second-order valence-corrected chi connectivity index (χ2v) is 9.88. The summed E-state index contributed by atoms with van der Waals surface area (Å²) in [6, 6.07) is 4.64. The molecule has 0 unspecified atom stereocenters. The van der Waals surface area contributed by atoms with Gasteiger partial charge in [-0.2, -0.15) is 26.3 Å². The first kappa shape index (κ1) is 29.8. The normalized spacial score (nSPS) is 13.4. The van der Waals surface area contributed by atoms with Crippen LogP contribution in [0.2, 0.25) is 0 Å². The number of aryl methyl sites for hydroxylation is 1. The van der Waals surface area contributed by atoms with E-state index >= 15 is 0 Å². The quantitative estimate of drug-likeness (QED) is 0.226. The van der Waals surface area contributed by atoms with E-state index in [-0.39, 0.29) is 34.2 Å². The Bertz CT molecular complexity index is 1220. The van der Waals surface area contributed by atoms with E-state index in [1.54, 1.807) is 22.6 Å². The molecule has 0 aliphatic rings. The predicted octanol–water partition coefficient (Wildman–Crippen LogP) is 4.87. The number of nitrogens with one attached hydrogen (secondary N) is 2. The van der Waals surface area contributed by atoms with Crippen LogP contribution in [-0.4, -0.2) is 44.4 Å². The first-order valence-electron chi connectivity index (χ1n) is 9.86. The maximum Gasteiger partial charge on any atom is 0.435 e. The number of hydrogen-bond acceptors (Lipinski definition) is 4. The van der Waals surface area contributed by atoms with Crippen molar-refractivity contribution < 1.29 is 48.7 Å². The van der Waals surface area contributed by atoms with Gasteiger partial charge in [-0.1, -0.05) is 18.2 Å². The Kier molecular flexibility index (Phi) is 9.02. The fourth-order valence-corrected chi connectivity index (χ4v) is 4.49. The minimum Gasteiger partial charge on any atom is -0.349 e. The molecule has 0 saturated heterocycles. The summed E-state index contributed by atoms with van der Waals surface area (Å²) in [5.74, 6) is -2.07. The van der Waals surface area contributed by atoms with Crippen molar-refractivity contribution in [2.24, 2.45) is 0 Å². The summed E-state index contributed by atoms with van der Waals surface area (Å²) in [4.78, 5) is 25.6. The van der Waals surface area contributed by atoms with E-state index in [1.807, 2.05) is 0 Å². The zero-order valence-electron chi connectivity index (χ0n) is 18.4. The fourth-order valence-electron chi connectivity index (χ4n) is 3.21. The average molecular weight is 654 g/mol. The molecule has 2 aromatic rings. The van der Waals surface area contributed by atoms with Gasteiger partial charge in [0.15, 0.2) is 0 Å². The lowest BCUT2D eigenvalue weighted by Crippen LogP contribution is -2.50. The van der Waals surface area contributed by atoms with Gasteiger partial charge in [-0.05, 0) is 60.2 Å². The van der Waals surface area contributed by atoms with Crippen molar-refractivity contribution >= 4 is 50.8 Å². The Labute approximate surface area is 215 Å². The third kappa shape index (κ3) is 6.27. The van der Waals surface area contributed by atoms with E-state index in [9.17, 15) is 48.7 Å². The number of amides is 2. The summed E-state index contributed by atoms with van der Waals surface area (Å²) in [5, 5.41) is 4.72. The van der Waals surface area contributed by atoms with Gasteiger partial charge in [-0.25, -0.2) is 12.8 Å². The van der Waals surface area contributed by atoms with Crippen molar-refractivity contribution in [1.82, 2.24) is 5.32 Å². The molecular weight excluding hydrogens is 636 g/mol. The molecule has 198 valence electrons. The molecule has 0 aliphatic heterocycles. The molecule has 0 bridgehead atoms. The van der Waals surface area contributed by atoms with Crippen molar-refractivity contribution in [3.63, 3.8) is 0 Å². The smallest absolute Gasteiger partial charge is 0.349 e. The minimum atomic E-state index is -6.29. The van der Waals surface area contributed by atoms with Gasteiger partial charge in [-0.15, -0.1) is 0 Å². The van der Waals surface area contributed by atoms with Crippen LogP contribution >= 0.6 is 22.6 Å². The monoisotopic (exact) mass is 654 g/mol. The van der Waals surface area contributed by atoms with E-state index in [4.69, 9.17) is 0 Å². The van der Waals surface area contributed by atoms with Crippen molar-refractivity contribution in [3.05, 3.63) is 62.2 Å². The molecule has 0 heterocycles. The van der Waals surface area contributed by atoms with Crippen LogP contribution < -0.4 is 10.6 Å². The summed E-state index contributed by atoms with van der Waals surface area (Å²) < 4.78 is 115. The van der Waals surface area contributed by atoms with E-state index in [0.29, 0.717) is 15.7 Å². The highest BCUT2D eigenvalue weighted by atomic mass is 127. The lowest BCUT2D eigenvalue weighted by atomic mass is 9.92. The molecule has 6 nitrogen and oxygen atoms in total. The van der Waals surface area contributed by atoms with E-state index in [1.165, 1.54) is 25.1 Å². The standard InChI is InChI=1S/C21H18F7IN2O4S/c1-10-8-12(19(22,20(23,24)25)21(26,27)28)6-7-15(10)31-17(32)13-4-3-5-14(29)16(13)18(33)30-11(2)9-36(34)35/h3-8,11,36H,9H2,1-2H3,(H,30,33)(H,31,32)/t11-/m0/s1. The summed E-state index contributed by atoms with van der Waals surface area (Å²) in [6.45, 7) is 2.50. The summed E-state index contributed by atoms with van der Waals surface area (Å²) in [5.41, 5.74) is -8.20. The Morgan fingerprint density at radius 2 is 1.56 bits per heavy atom. The lowest BCUT2D eigenvalue weighted by Gasteiger charge is -2.30. The topological polar surface area (TPSA) is 92.3 Å². The van der Waals surface area contributed by atoms with Gasteiger partial charge in [0.05, 0.1) is 16.9 Å². The molecule has 2 amide bonds. The Hall–Kier alpha value is -2.43. The van der Waals surface area contributed by atoms with Gasteiger partial charge in [-0.3, -0.25) is 9.59 Å². The number of benzene rings is 2. The van der Waals surface area contributed by atoms with Crippen molar-refractivity contribution in [2.45, 2.75) is 37.9 Å². The van der Waals surface area contributed by atoms with Gasteiger partial charge in [0.1, 0.15) is 10.7 Å². The van der Waals surface area contributed by atoms with Crippen molar-refractivity contribution in [2.75, 3.05) is 11.1 Å². The van der Waals surface area contributed by atoms with Crippen LogP contribution in [0.4, 0.5) is 36.4 Å². The molecule has 2 N–H and O–H groups in total. The number of carbonyl (C=O) groups is 2. The molecule has 0 aromatic heterocycles. The molecule has 2 aromatic carbocycles. The molecule has 0 fully saturated rings. The maximum absolute atomic E-state index is 14.3. The molecule has 1 atom stereocenters. The van der Waals surface area contributed by atoms with E-state index < -0.39 is 52.1 Å². The van der Waals surface area contributed by atoms with Crippen LogP contribution in [0.15, 0.2) is 36.4 Å². The second kappa shape index (κ2) is 10.9. The number of halogens is 8. The number of hydrogen-bond donors (Lipinski definition) is 3. The molecular formula is C21H18F7IN2O4S. The molecule has 2 rings (SSSR count). The van der Waals surface area contributed by atoms with Gasteiger partial charge in [0.25, 0.3) is 11.8 Å². The fraction of sp³-hybridized carbons (Fsp3) is 0.333. The van der Waals surface area contributed by atoms with Gasteiger partial charge in [0.2, 0.25) is 0 Å². The minimum absolute atomic E-state index is 0.130. The van der Waals surface area contributed by atoms with Crippen LogP contribution in [0.5, 0.6) is 0 Å². The number of alkyl halides is 7. The Morgan fingerprint density at radius 3 is 2.06 bits per heavy atom. The molecule has 0 aliphatic carbocycles. The van der Waals surface area contributed by atoms with Crippen LogP contribution in [-0.2, 0) is 16.4 Å². The lowest BCUT2D eigenvalue weighted by molar-refractivity contribution is -0.348. The van der Waals surface area contributed by atoms with E-state index in [2.05, 4.69) is 10.6 Å². The first-order valence-corrected chi connectivity index (χ1v) is 12.3. The molecule has 0 spiro atoms. The SMILES string of the molecule is Cc1cc(C(F)(C(F)(F)F)C(F)(F)F)ccc1NC(=O)c1cccc(I)c1C(=O)N[C@@H](C)C[SH](=O)=O. The first-order chi connectivity index (χ1) is 16.4.